The van der Waals surface area contributed by atoms with Crippen molar-refractivity contribution >= 4 is 18.5 Å². The summed E-state index contributed by atoms with van der Waals surface area (Å²) < 4.78 is 0. The highest BCUT2D eigenvalue weighted by Gasteiger charge is 2.32. The summed E-state index contributed by atoms with van der Waals surface area (Å²) >= 11 is 0. The first-order valence-electron chi connectivity index (χ1n) is 8.71. The number of rotatable bonds is 4. The number of hydrogen-bond acceptors (Lipinski definition) is 0. The molecule has 1 fully saturated rings. The van der Waals surface area contributed by atoms with E-state index in [-0.39, 0.29) is 7.92 Å². The van der Waals surface area contributed by atoms with E-state index in [0.29, 0.717) is 5.66 Å². The molecule has 0 amide bonds. The Bertz CT molecular complexity index is 654. The van der Waals surface area contributed by atoms with Crippen LogP contribution in [0.4, 0.5) is 0 Å². The van der Waals surface area contributed by atoms with E-state index in [9.17, 15) is 0 Å². The maximum Gasteiger partial charge on any atom is 0.0269 e. The lowest BCUT2D eigenvalue weighted by Gasteiger charge is -2.29. The Hall–Kier alpha value is -1.65. The Kier molecular flexibility index (Phi) is 4.44. The van der Waals surface area contributed by atoms with Crippen molar-refractivity contribution in [1.29, 1.82) is 0 Å². The molecule has 0 heterocycles. The maximum atomic E-state index is 2.46. The first-order valence-corrected chi connectivity index (χ1v) is 10.1. The quantitative estimate of drug-likeness (QED) is 0.682. The molecule has 2 aromatic carbocycles. The largest absolute Gasteiger partial charge is 0.0724 e. The van der Waals surface area contributed by atoms with Crippen molar-refractivity contribution in [2.24, 2.45) is 5.92 Å². The van der Waals surface area contributed by atoms with Crippen LogP contribution in [0, 0.1) is 5.92 Å². The van der Waals surface area contributed by atoms with Crippen molar-refractivity contribution in [3.05, 3.63) is 84.5 Å². The predicted octanol–water partition coefficient (Wildman–Crippen LogP) is 5.17. The lowest BCUT2D eigenvalue weighted by Crippen LogP contribution is -2.23. The summed E-state index contributed by atoms with van der Waals surface area (Å²) in [6.07, 6.45) is 12.8. The van der Waals surface area contributed by atoms with Gasteiger partial charge in [0.1, 0.15) is 0 Å². The van der Waals surface area contributed by atoms with Crippen LogP contribution < -0.4 is 10.6 Å². The van der Waals surface area contributed by atoms with E-state index in [0.717, 1.165) is 5.92 Å². The number of hydrogen-bond donors (Lipinski definition) is 0. The van der Waals surface area contributed by atoms with Gasteiger partial charge >= 0.3 is 0 Å². The third kappa shape index (κ3) is 3.06. The van der Waals surface area contributed by atoms with Gasteiger partial charge in [0.25, 0.3) is 0 Å². The molecule has 0 aromatic heterocycles. The zero-order chi connectivity index (χ0) is 15.5. The van der Waals surface area contributed by atoms with Crippen LogP contribution in [0.3, 0.4) is 0 Å². The van der Waals surface area contributed by atoms with Gasteiger partial charge in [0.05, 0.1) is 0 Å². The molecule has 0 aliphatic heterocycles. The topological polar surface area (TPSA) is 0 Å². The fraction of sp³-hybridized carbons (Fsp3) is 0.273. The van der Waals surface area contributed by atoms with Crippen LogP contribution in [0.25, 0.3) is 0 Å². The van der Waals surface area contributed by atoms with Gasteiger partial charge in [-0.15, -0.1) is 0 Å². The van der Waals surface area contributed by atoms with E-state index in [1.807, 2.05) is 0 Å². The highest BCUT2D eigenvalue weighted by molar-refractivity contribution is 7.74. The Morgan fingerprint density at radius 3 is 1.87 bits per heavy atom. The minimum absolute atomic E-state index is 0.363. The van der Waals surface area contributed by atoms with Gasteiger partial charge in [-0.3, -0.25) is 0 Å². The van der Waals surface area contributed by atoms with Gasteiger partial charge in [-0.05, 0) is 37.3 Å². The molecule has 1 saturated carbocycles. The molecule has 1 heteroatoms. The second-order valence-corrected chi connectivity index (χ2v) is 8.85. The van der Waals surface area contributed by atoms with Crippen molar-refractivity contribution in [3.8, 4) is 0 Å². The van der Waals surface area contributed by atoms with Crippen molar-refractivity contribution in [1.82, 2.24) is 0 Å². The van der Waals surface area contributed by atoms with Crippen molar-refractivity contribution in [2.75, 3.05) is 0 Å². The molecule has 0 saturated heterocycles. The standard InChI is InChI=1S/C22H23P/c1-3-12-19(13-4-1)23(20-14-5-2-6-15-20)22-17-9-16-21(22)18-10-7-8-11-18/h1-6,9,12-18,22H,7-8,10-11H2. The van der Waals surface area contributed by atoms with Gasteiger partial charge in [0.15, 0.2) is 0 Å². The zero-order valence-corrected chi connectivity index (χ0v) is 14.3. The van der Waals surface area contributed by atoms with Crippen molar-refractivity contribution in [2.45, 2.75) is 31.3 Å². The summed E-state index contributed by atoms with van der Waals surface area (Å²) in [5, 5.41) is 2.99. The van der Waals surface area contributed by atoms with Crippen LogP contribution >= 0.6 is 7.92 Å². The summed E-state index contributed by atoms with van der Waals surface area (Å²) in [5.74, 6) is 0.812. The molecule has 1 atom stereocenters. The third-order valence-electron chi connectivity index (χ3n) is 5.10. The first kappa shape index (κ1) is 14.9. The molecule has 2 aliphatic rings. The Labute approximate surface area is 140 Å². The summed E-state index contributed by atoms with van der Waals surface area (Å²) in [6, 6.07) is 22.3. The van der Waals surface area contributed by atoms with Gasteiger partial charge in [-0.1, -0.05) is 97.3 Å². The zero-order valence-electron chi connectivity index (χ0n) is 13.4. The summed E-state index contributed by atoms with van der Waals surface area (Å²) in [6.45, 7) is 0. The molecule has 23 heavy (non-hydrogen) atoms. The number of allylic oxidation sites excluding steroid dienone is 4. The molecule has 0 nitrogen and oxygen atoms in total. The molecule has 2 aliphatic carbocycles. The van der Waals surface area contributed by atoms with Gasteiger partial charge in [-0.25, -0.2) is 0 Å². The molecule has 116 valence electrons. The maximum absolute atomic E-state index is 2.46. The summed E-state index contributed by atoms with van der Waals surface area (Å²) in [7, 11) is -0.363. The lowest BCUT2D eigenvalue weighted by molar-refractivity contribution is 0.635. The van der Waals surface area contributed by atoms with E-state index >= 15 is 0 Å². The fourth-order valence-electron chi connectivity index (χ4n) is 4.00. The molecule has 0 bridgehead atoms. The molecule has 0 spiro atoms. The lowest BCUT2D eigenvalue weighted by atomic mass is 9.96. The molecule has 0 N–H and O–H groups in total. The van der Waals surface area contributed by atoms with Crippen LogP contribution in [0.2, 0.25) is 0 Å². The van der Waals surface area contributed by atoms with Gasteiger partial charge in [-0.2, -0.15) is 0 Å². The molecule has 0 radical (unpaired) electrons. The van der Waals surface area contributed by atoms with E-state index in [1.165, 1.54) is 36.3 Å². The highest BCUT2D eigenvalue weighted by atomic mass is 31.1. The second kappa shape index (κ2) is 6.85. The Morgan fingerprint density at radius 2 is 1.30 bits per heavy atom. The van der Waals surface area contributed by atoms with Crippen LogP contribution in [0.15, 0.2) is 84.5 Å². The Balaban J connectivity index is 1.73. The number of benzene rings is 2. The first-order chi connectivity index (χ1) is 11.4. The van der Waals surface area contributed by atoms with E-state index in [2.05, 4.69) is 78.9 Å². The average Bonchev–Trinajstić information content (AvgIpc) is 3.28. The fourth-order valence-corrected chi connectivity index (χ4v) is 6.79. The molecule has 1 unspecified atom stereocenters. The predicted molar refractivity (Wildman–Crippen MR) is 102 cm³/mol. The molecule has 2 aromatic rings. The van der Waals surface area contributed by atoms with E-state index in [1.54, 1.807) is 5.57 Å². The van der Waals surface area contributed by atoms with Crippen LogP contribution in [-0.4, -0.2) is 5.66 Å². The molecule has 4 rings (SSSR count). The van der Waals surface area contributed by atoms with Crippen molar-refractivity contribution in [3.63, 3.8) is 0 Å². The van der Waals surface area contributed by atoms with Crippen LogP contribution in [0.1, 0.15) is 25.7 Å². The van der Waals surface area contributed by atoms with E-state index in [4.69, 9.17) is 0 Å². The highest BCUT2D eigenvalue weighted by Crippen LogP contribution is 2.49. The van der Waals surface area contributed by atoms with Crippen molar-refractivity contribution < 1.29 is 0 Å². The molecular formula is C22H23P. The minimum Gasteiger partial charge on any atom is -0.0724 e. The SMILES string of the molecule is C1=CC(P(c2ccccc2)c2ccccc2)C(C2CCCC2)=C1. The van der Waals surface area contributed by atoms with Gasteiger partial charge in [0.2, 0.25) is 0 Å². The van der Waals surface area contributed by atoms with Gasteiger partial charge in [0, 0.05) is 5.66 Å². The smallest absolute Gasteiger partial charge is 0.0269 e. The third-order valence-corrected chi connectivity index (χ3v) is 7.83. The molecular weight excluding hydrogens is 295 g/mol. The summed E-state index contributed by atoms with van der Waals surface area (Å²) in [5.41, 5.74) is 2.28. The van der Waals surface area contributed by atoms with Crippen LogP contribution in [-0.2, 0) is 0 Å². The average molecular weight is 318 g/mol. The normalized spacial score (nSPS) is 21.1. The minimum atomic E-state index is -0.363. The van der Waals surface area contributed by atoms with Crippen LogP contribution in [0.5, 0.6) is 0 Å². The van der Waals surface area contributed by atoms with E-state index < -0.39 is 0 Å². The van der Waals surface area contributed by atoms with Gasteiger partial charge < -0.3 is 0 Å². The Morgan fingerprint density at radius 1 is 0.739 bits per heavy atom. The second-order valence-electron chi connectivity index (χ2n) is 6.52. The monoisotopic (exact) mass is 318 g/mol. The summed E-state index contributed by atoms with van der Waals surface area (Å²) in [4.78, 5) is 0.